The fourth-order valence-electron chi connectivity index (χ4n) is 6.04. The summed E-state index contributed by atoms with van der Waals surface area (Å²) in [6.07, 6.45) is 5.31. The number of benzene rings is 1. The third-order valence-corrected chi connectivity index (χ3v) is 8.49. The molecule has 0 saturated carbocycles. The number of methoxy groups -OCH3 is 1. The number of nitrogens with zero attached hydrogens (tertiary/aromatic N) is 3. The Morgan fingerprint density at radius 1 is 1.10 bits per heavy atom. The molecule has 1 aliphatic heterocycles. The first-order chi connectivity index (χ1) is 19.8. The molecule has 0 atom stereocenters. The van der Waals surface area contributed by atoms with Gasteiger partial charge in [-0.05, 0) is 83.2 Å². The molecule has 3 aromatic heterocycles. The number of aryl methyl sites for hydroxylation is 1. The van der Waals surface area contributed by atoms with E-state index in [-0.39, 0.29) is 18.0 Å². The number of carbonyl (C=O) groups is 1. The number of hydrogen-bond donors (Lipinski definition) is 2. The molecular formula is C33H41N5O3. The third-order valence-electron chi connectivity index (χ3n) is 8.49. The topological polar surface area (TPSA) is 82.1 Å². The van der Waals surface area contributed by atoms with Crippen LogP contribution in [-0.4, -0.2) is 72.0 Å². The van der Waals surface area contributed by atoms with E-state index in [2.05, 4.69) is 63.0 Å². The smallest absolute Gasteiger partial charge is 0.256 e. The van der Waals surface area contributed by atoms with Crippen molar-refractivity contribution >= 4 is 11.4 Å². The van der Waals surface area contributed by atoms with E-state index in [0.717, 1.165) is 54.0 Å². The Morgan fingerprint density at radius 2 is 1.83 bits per heavy atom. The highest BCUT2D eigenvalue weighted by Gasteiger charge is 2.23. The van der Waals surface area contributed by atoms with Gasteiger partial charge in [0, 0.05) is 47.7 Å². The van der Waals surface area contributed by atoms with Crippen LogP contribution < -0.4 is 15.6 Å². The molecule has 5 rings (SSSR count). The average Bonchev–Trinajstić information content (AvgIpc) is 3.39. The van der Waals surface area contributed by atoms with Crippen molar-refractivity contribution in [1.82, 2.24) is 24.5 Å². The van der Waals surface area contributed by atoms with Crippen LogP contribution in [0.1, 0.15) is 45.7 Å². The van der Waals surface area contributed by atoms with Gasteiger partial charge >= 0.3 is 0 Å². The Morgan fingerprint density at radius 3 is 2.51 bits per heavy atom. The van der Waals surface area contributed by atoms with Gasteiger partial charge in [0.25, 0.3) is 11.5 Å². The lowest BCUT2D eigenvalue weighted by atomic mass is 10.00. The second kappa shape index (κ2) is 12.3. The standard InChI is InChI=1S/C33H41N5O3/c1-22-19-31(41-5)28(33(40)35-22)21-34-32(39)27-20-30-26(24-9-7-6-8-10-24)13-18-38(30)29(23(27)2)14-17-37-15-11-25(12-16-37)36(3)4/h6-10,13,18-20,25H,11-12,14-17,21H2,1-5H3,(H,34,39)(H,35,40). The molecule has 1 aromatic carbocycles. The lowest BCUT2D eigenvalue weighted by Crippen LogP contribution is -2.42. The fraction of sp³-hybridized carbons (Fsp3) is 0.394. The van der Waals surface area contributed by atoms with Crippen LogP contribution in [-0.2, 0) is 13.0 Å². The molecule has 0 unspecified atom stereocenters. The van der Waals surface area contributed by atoms with E-state index in [1.807, 2.05) is 31.2 Å². The monoisotopic (exact) mass is 555 g/mol. The number of hydrogen-bond acceptors (Lipinski definition) is 5. The number of rotatable bonds is 9. The van der Waals surface area contributed by atoms with Gasteiger partial charge in [-0.3, -0.25) is 9.59 Å². The fourth-order valence-corrected chi connectivity index (χ4v) is 6.04. The number of pyridine rings is 2. The van der Waals surface area contributed by atoms with Crippen molar-refractivity contribution in [2.24, 2.45) is 0 Å². The Labute approximate surface area is 241 Å². The minimum Gasteiger partial charge on any atom is -0.496 e. The van der Waals surface area contributed by atoms with Gasteiger partial charge in [0.1, 0.15) is 5.75 Å². The summed E-state index contributed by atoms with van der Waals surface area (Å²) in [5, 5.41) is 2.99. The lowest BCUT2D eigenvalue weighted by Gasteiger charge is -2.35. The predicted molar refractivity (Wildman–Crippen MR) is 164 cm³/mol. The van der Waals surface area contributed by atoms with Gasteiger partial charge in [0.2, 0.25) is 0 Å². The third kappa shape index (κ3) is 6.09. The molecule has 8 nitrogen and oxygen atoms in total. The van der Waals surface area contributed by atoms with Crippen LogP contribution in [0.2, 0.25) is 0 Å². The Kier molecular flexibility index (Phi) is 8.61. The summed E-state index contributed by atoms with van der Waals surface area (Å²) >= 11 is 0. The van der Waals surface area contributed by atoms with Crippen LogP contribution >= 0.6 is 0 Å². The molecule has 0 aliphatic carbocycles. The van der Waals surface area contributed by atoms with E-state index in [1.165, 1.54) is 20.0 Å². The summed E-state index contributed by atoms with van der Waals surface area (Å²) in [5.74, 6) is 0.260. The lowest BCUT2D eigenvalue weighted by molar-refractivity contribution is 0.0949. The number of amides is 1. The number of ether oxygens (including phenoxy) is 1. The largest absolute Gasteiger partial charge is 0.496 e. The number of piperidine rings is 1. The second-order valence-corrected chi connectivity index (χ2v) is 11.3. The number of nitrogens with one attached hydrogen (secondary N) is 2. The van der Waals surface area contributed by atoms with E-state index in [9.17, 15) is 9.59 Å². The maximum atomic E-state index is 13.7. The molecule has 0 bridgehead atoms. The van der Waals surface area contributed by atoms with Crippen molar-refractivity contribution in [1.29, 1.82) is 0 Å². The number of fused-ring (bicyclic) bond motifs is 1. The van der Waals surface area contributed by atoms with Crippen LogP contribution in [0.25, 0.3) is 16.6 Å². The van der Waals surface area contributed by atoms with Crippen molar-refractivity contribution in [3.8, 4) is 16.9 Å². The summed E-state index contributed by atoms with van der Waals surface area (Å²) in [7, 11) is 5.86. The molecule has 8 heteroatoms. The summed E-state index contributed by atoms with van der Waals surface area (Å²) in [6, 6.07) is 16.8. The molecule has 4 aromatic rings. The van der Waals surface area contributed by atoms with E-state index in [0.29, 0.717) is 28.6 Å². The molecule has 1 saturated heterocycles. The number of aromatic amines is 1. The molecular weight excluding hydrogens is 514 g/mol. The highest BCUT2D eigenvalue weighted by atomic mass is 16.5. The van der Waals surface area contributed by atoms with E-state index >= 15 is 0 Å². The minimum absolute atomic E-state index is 0.0744. The number of H-pyrrole nitrogens is 1. The van der Waals surface area contributed by atoms with Gasteiger partial charge in [0.15, 0.2) is 0 Å². The molecule has 0 radical (unpaired) electrons. The normalized spacial score (nSPS) is 14.6. The SMILES string of the molecule is COc1cc(C)[nH]c(=O)c1CNC(=O)c1cc2c(-c3ccccc3)ccn2c(CCN2CCC(N(C)C)CC2)c1C. The number of likely N-dealkylation sites (tertiary alicyclic amines) is 1. The summed E-state index contributed by atoms with van der Waals surface area (Å²) in [5.41, 5.74) is 6.76. The first-order valence-electron chi connectivity index (χ1n) is 14.4. The first-order valence-corrected chi connectivity index (χ1v) is 14.4. The van der Waals surface area contributed by atoms with Crippen LogP contribution in [0, 0.1) is 13.8 Å². The highest BCUT2D eigenvalue weighted by molar-refractivity contribution is 5.98. The molecule has 4 heterocycles. The summed E-state index contributed by atoms with van der Waals surface area (Å²) < 4.78 is 7.67. The van der Waals surface area contributed by atoms with Crippen LogP contribution in [0.3, 0.4) is 0 Å². The molecule has 1 amide bonds. The van der Waals surface area contributed by atoms with Crippen LogP contribution in [0.4, 0.5) is 0 Å². The zero-order valence-electron chi connectivity index (χ0n) is 24.8. The summed E-state index contributed by atoms with van der Waals surface area (Å²) in [6.45, 7) is 7.02. The number of carbonyl (C=O) groups excluding carboxylic acids is 1. The maximum absolute atomic E-state index is 13.7. The Balaban J connectivity index is 1.46. The molecule has 1 aliphatic rings. The van der Waals surface area contributed by atoms with Crippen molar-refractivity contribution in [3.63, 3.8) is 0 Å². The number of aromatic nitrogens is 2. The maximum Gasteiger partial charge on any atom is 0.256 e. The van der Waals surface area contributed by atoms with Gasteiger partial charge in [-0.1, -0.05) is 30.3 Å². The Hall–Kier alpha value is -3.88. The minimum atomic E-state index is -0.258. The highest BCUT2D eigenvalue weighted by Crippen LogP contribution is 2.30. The van der Waals surface area contributed by atoms with Gasteiger partial charge in [-0.15, -0.1) is 0 Å². The van der Waals surface area contributed by atoms with Crippen molar-refractivity contribution in [2.75, 3.05) is 40.8 Å². The Bertz CT molecular complexity index is 1580. The predicted octanol–water partition coefficient (Wildman–Crippen LogP) is 4.42. The second-order valence-electron chi connectivity index (χ2n) is 11.3. The molecule has 1 fully saturated rings. The average molecular weight is 556 g/mol. The zero-order valence-corrected chi connectivity index (χ0v) is 24.8. The zero-order chi connectivity index (χ0) is 29.1. The van der Waals surface area contributed by atoms with Gasteiger partial charge < -0.3 is 29.2 Å². The van der Waals surface area contributed by atoms with Gasteiger partial charge in [-0.2, -0.15) is 0 Å². The quantitative estimate of drug-likeness (QED) is 0.320. The van der Waals surface area contributed by atoms with Crippen LogP contribution in [0.5, 0.6) is 5.75 Å². The van der Waals surface area contributed by atoms with Crippen molar-refractivity contribution in [3.05, 3.63) is 93.2 Å². The van der Waals surface area contributed by atoms with Gasteiger partial charge in [0.05, 0.1) is 24.7 Å². The van der Waals surface area contributed by atoms with E-state index in [4.69, 9.17) is 4.74 Å². The van der Waals surface area contributed by atoms with E-state index < -0.39 is 0 Å². The summed E-state index contributed by atoms with van der Waals surface area (Å²) in [4.78, 5) is 34.0. The van der Waals surface area contributed by atoms with Gasteiger partial charge in [-0.25, -0.2) is 0 Å². The first kappa shape index (κ1) is 28.6. The molecule has 41 heavy (non-hydrogen) atoms. The molecule has 216 valence electrons. The molecule has 0 spiro atoms. The molecule has 2 N–H and O–H groups in total. The van der Waals surface area contributed by atoms with Crippen LogP contribution in [0.15, 0.2) is 59.5 Å². The van der Waals surface area contributed by atoms with E-state index in [1.54, 1.807) is 13.0 Å². The van der Waals surface area contributed by atoms with Crippen molar-refractivity contribution < 1.29 is 9.53 Å². The van der Waals surface area contributed by atoms with Crippen molar-refractivity contribution in [2.45, 2.75) is 45.7 Å².